The summed E-state index contributed by atoms with van der Waals surface area (Å²) in [7, 11) is 1.62. The van der Waals surface area contributed by atoms with E-state index in [-0.39, 0.29) is 0 Å². The van der Waals surface area contributed by atoms with Crippen molar-refractivity contribution >= 4 is 11.3 Å². The first-order valence-corrected chi connectivity index (χ1v) is 7.19. The first-order chi connectivity index (χ1) is 9.20. The second-order valence-corrected chi connectivity index (χ2v) is 5.30. The first-order valence-electron chi connectivity index (χ1n) is 6.25. The Hall–Kier alpha value is -1.36. The summed E-state index contributed by atoms with van der Waals surface area (Å²) in [6, 6.07) is 7.92. The number of aryl methyl sites for hydroxylation is 1. The lowest BCUT2D eigenvalue weighted by Crippen LogP contribution is -2.21. The predicted molar refractivity (Wildman–Crippen MR) is 78.7 cm³/mol. The molecule has 0 aliphatic heterocycles. The third kappa shape index (κ3) is 3.80. The summed E-state index contributed by atoms with van der Waals surface area (Å²) in [5.41, 5.74) is 3.20. The highest BCUT2D eigenvalue weighted by Crippen LogP contribution is 2.25. The van der Waals surface area contributed by atoms with E-state index in [0.29, 0.717) is 6.54 Å². The summed E-state index contributed by atoms with van der Waals surface area (Å²) in [5, 5.41) is 17.7. The molecule has 0 spiro atoms. The molecule has 3 nitrogen and oxygen atoms in total. The fourth-order valence-electron chi connectivity index (χ4n) is 1.97. The molecule has 1 aromatic carbocycles. The Morgan fingerprint density at radius 2 is 2.21 bits per heavy atom. The SMILES string of the molecule is COc1ccc(C)cc1C(O)CNCc1ccsc1. The fourth-order valence-corrected chi connectivity index (χ4v) is 2.64. The van der Waals surface area contributed by atoms with Gasteiger partial charge in [-0.15, -0.1) is 0 Å². The van der Waals surface area contributed by atoms with Gasteiger partial charge in [-0.05, 0) is 41.4 Å². The number of hydrogen-bond acceptors (Lipinski definition) is 4. The smallest absolute Gasteiger partial charge is 0.124 e. The number of benzene rings is 1. The van der Waals surface area contributed by atoms with Crippen LogP contribution in [0.15, 0.2) is 35.0 Å². The molecule has 1 atom stereocenters. The van der Waals surface area contributed by atoms with E-state index in [0.717, 1.165) is 23.4 Å². The summed E-state index contributed by atoms with van der Waals surface area (Å²) in [6.45, 7) is 3.29. The van der Waals surface area contributed by atoms with E-state index in [4.69, 9.17) is 4.74 Å². The normalized spacial score (nSPS) is 12.4. The Bertz CT molecular complexity index is 511. The summed E-state index contributed by atoms with van der Waals surface area (Å²) in [6.07, 6.45) is -0.562. The van der Waals surface area contributed by atoms with Crippen molar-refractivity contribution in [2.45, 2.75) is 19.6 Å². The first kappa shape index (κ1) is 14.1. The highest BCUT2D eigenvalue weighted by molar-refractivity contribution is 7.07. The summed E-state index contributed by atoms with van der Waals surface area (Å²) in [4.78, 5) is 0. The van der Waals surface area contributed by atoms with Crippen LogP contribution in [-0.2, 0) is 6.54 Å². The van der Waals surface area contributed by atoms with Crippen LogP contribution < -0.4 is 10.1 Å². The van der Waals surface area contributed by atoms with Crippen molar-refractivity contribution in [1.82, 2.24) is 5.32 Å². The lowest BCUT2D eigenvalue weighted by molar-refractivity contribution is 0.170. The topological polar surface area (TPSA) is 41.5 Å². The van der Waals surface area contributed by atoms with Crippen LogP contribution in [-0.4, -0.2) is 18.8 Å². The van der Waals surface area contributed by atoms with Gasteiger partial charge in [-0.25, -0.2) is 0 Å². The van der Waals surface area contributed by atoms with Crippen LogP contribution >= 0.6 is 11.3 Å². The van der Waals surface area contributed by atoms with Crippen LogP contribution in [0.4, 0.5) is 0 Å². The predicted octanol–water partition coefficient (Wildman–Crippen LogP) is 2.89. The van der Waals surface area contributed by atoms with Crippen molar-refractivity contribution in [3.63, 3.8) is 0 Å². The molecule has 0 radical (unpaired) electrons. The fraction of sp³-hybridized carbons (Fsp3) is 0.333. The Morgan fingerprint density at radius 3 is 2.89 bits per heavy atom. The van der Waals surface area contributed by atoms with Gasteiger partial charge in [0.25, 0.3) is 0 Å². The minimum Gasteiger partial charge on any atom is -0.496 e. The largest absolute Gasteiger partial charge is 0.496 e. The molecule has 0 saturated heterocycles. The minimum absolute atomic E-state index is 0.510. The van der Waals surface area contributed by atoms with E-state index < -0.39 is 6.10 Å². The number of methoxy groups -OCH3 is 1. The van der Waals surface area contributed by atoms with Crippen molar-refractivity contribution in [2.75, 3.05) is 13.7 Å². The molecule has 2 aromatic rings. The van der Waals surface area contributed by atoms with Gasteiger partial charge in [0.05, 0.1) is 13.2 Å². The average molecular weight is 277 g/mol. The maximum atomic E-state index is 10.2. The molecule has 4 heteroatoms. The van der Waals surface area contributed by atoms with E-state index in [1.165, 1.54) is 5.56 Å². The standard InChI is InChI=1S/C15H19NO2S/c1-11-3-4-15(18-2)13(7-11)14(17)9-16-8-12-5-6-19-10-12/h3-7,10,14,16-17H,8-9H2,1-2H3. The quantitative estimate of drug-likeness (QED) is 0.853. The molecule has 2 N–H and O–H groups in total. The molecular formula is C15H19NO2S. The van der Waals surface area contributed by atoms with Crippen LogP contribution in [0, 0.1) is 6.92 Å². The zero-order valence-electron chi connectivity index (χ0n) is 11.2. The number of hydrogen-bond donors (Lipinski definition) is 2. The molecule has 1 heterocycles. The molecule has 2 rings (SSSR count). The second-order valence-electron chi connectivity index (χ2n) is 4.52. The summed E-state index contributed by atoms with van der Waals surface area (Å²) in [5.74, 6) is 0.732. The van der Waals surface area contributed by atoms with Crippen molar-refractivity contribution < 1.29 is 9.84 Å². The highest BCUT2D eigenvalue weighted by atomic mass is 32.1. The highest BCUT2D eigenvalue weighted by Gasteiger charge is 2.13. The van der Waals surface area contributed by atoms with E-state index in [1.807, 2.05) is 25.1 Å². The van der Waals surface area contributed by atoms with Gasteiger partial charge in [0.15, 0.2) is 0 Å². The minimum atomic E-state index is -0.562. The number of rotatable bonds is 6. The lowest BCUT2D eigenvalue weighted by Gasteiger charge is -2.16. The van der Waals surface area contributed by atoms with E-state index in [1.54, 1.807) is 18.4 Å². The molecule has 0 aliphatic rings. The van der Waals surface area contributed by atoms with Crippen LogP contribution in [0.1, 0.15) is 22.8 Å². The van der Waals surface area contributed by atoms with Crippen LogP contribution in [0.2, 0.25) is 0 Å². The molecule has 0 bridgehead atoms. The Kier molecular flexibility index (Phi) is 4.96. The van der Waals surface area contributed by atoms with E-state index in [2.05, 4.69) is 22.1 Å². The van der Waals surface area contributed by atoms with E-state index >= 15 is 0 Å². The lowest BCUT2D eigenvalue weighted by atomic mass is 10.1. The molecular weight excluding hydrogens is 258 g/mol. The Balaban J connectivity index is 1.95. The van der Waals surface area contributed by atoms with Crippen LogP contribution in [0.3, 0.4) is 0 Å². The maximum Gasteiger partial charge on any atom is 0.124 e. The van der Waals surface area contributed by atoms with Crippen molar-refractivity contribution in [1.29, 1.82) is 0 Å². The number of thiophene rings is 1. The van der Waals surface area contributed by atoms with Gasteiger partial charge in [0, 0.05) is 18.7 Å². The van der Waals surface area contributed by atoms with Gasteiger partial charge in [-0.1, -0.05) is 11.6 Å². The molecule has 1 aromatic heterocycles. The number of aliphatic hydroxyl groups is 1. The van der Waals surface area contributed by atoms with Crippen molar-refractivity contribution in [3.05, 3.63) is 51.7 Å². The van der Waals surface area contributed by atoms with Gasteiger partial charge < -0.3 is 15.2 Å². The Labute approximate surface area is 117 Å². The van der Waals surface area contributed by atoms with E-state index in [9.17, 15) is 5.11 Å². The van der Waals surface area contributed by atoms with Gasteiger partial charge in [0.1, 0.15) is 5.75 Å². The maximum absolute atomic E-state index is 10.2. The molecule has 0 amide bonds. The van der Waals surface area contributed by atoms with Crippen molar-refractivity contribution in [2.24, 2.45) is 0 Å². The molecule has 1 unspecified atom stereocenters. The molecule has 19 heavy (non-hydrogen) atoms. The third-order valence-corrected chi connectivity index (χ3v) is 3.72. The third-order valence-electron chi connectivity index (χ3n) is 2.99. The molecule has 0 fully saturated rings. The number of aliphatic hydroxyl groups excluding tert-OH is 1. The zero-order valence-corrected chi connectivity index (χ0v) is 12.0. The summed E-state index contributed by atoms with van der Waals surface area (Å²) < 4.78 is 5.29. The van der Waals surface area contributed by atoms with Crippen LogP contribution in [0.5, 0.6) is 5.75 Å². The average Bonchev–Trinajstić information content (AvgIpc) is 2.91. The molecule has 102 valence electrons. The van der Waals surface area contributed by atoms with Crippen LogP contribution in [0.25, 0.3) is 0 Å². The second kappa shape index (κ2) is 6.70. The van der Waals surface area contributed by atoms with Gasteiger partial charge >= 0.3 is 0 Å². The van der Waals surface area contributed by atoms with Gasteiger partial charge in [0.2, 0.25) is 0 Å². The monoisotopic (exact) mass is 277 g/mol. The number of nitrogens with one attached hydrogen (secondary N) is 1. The molecule has 0 saturated carbocycles. The van der Waals surface area contributed by atoms with Gasteiger partial charge in [-0.3, -0.25) is 0 Å². The van der Waals surface area contributed by atoms with Crippen molar-refractivity contribution in [3.8, 4) is 5.75 Å². The van der Waals surface area contributed by atoms with Gasteiger partial charge in [-0.2, -0.15) is 11.3 Å². The zero-order chi connectivity index (χ0) is 13.7. The summed E-state index contributed by atoms with van der Waals surface area (Å²) >= 11 is 1.68. The number of ether oxygens (including phenoxy) is 1. The molecule has 0 aliphatic carbocycles. The Morgan fingerprint density at radius 1 is 1.37 bits per heavy atom.